The highest BCUT2D eigenvalue weighted by Gasteiger charge is 2.40. The number of aryl methyl sites for hydroxylation is 2. The predicted octanol–water partition coefficient (Wildman–Crippen LogP) is 3.58. The van der Waals surface area contributed by atoms with Gasteiger partial charge < -0.3 is 5.32 Å². The minimum atomic E-state index is -3.78. The maximum absolute atomic E-state index is 13.2. The molecule has 1 aliphatic rings. The number of amides is 1. The van der Waals surface area contributed by atoms with E-state index in [0.29, 0.717) is 11.6 Å². The number of thiophene rings is 1. The molecule has 0 fully saturated rings. The van der Waals surface area contributed by atoms with Crippen LogP contribution in [-0.4, -0.2) is 29.7 Å². The molecule has 1 atom stereocenters. The fraction of sp³-hybridized carbons (Fsp3) is 0.263. The van der Waals surface area contributed by atoms with Gasteiger partial charge in [0.15, 0.2) is 5.13 Å². The van der Waals surface area contributed by atoms with Crippen molar-refractivity contribution in [1.29, 1.82) is 0 Å². The molecule has 9 heteroatoms. The first kappa shape index (κ1) is 19.3. The monoisotopic (exact) mass is 433 g/mol. The highest BCUT2D eigenvalue weighted by atomic mass is 32.2. The van der Waals surface area contributed by atoms with Crippen molar-refractivity contribution in [2.24, 2.45) is 0 Å². The first-order valence-electron chi connectivity index (χ1n) is 8.73. The number of rotatable bonds is 4. The van der Waals surface area contributed by atoms with E-state index in [9.17, 15) is 13.2 Å². The fourth-order valence-corrected chi connectivity index (χ4v) is 6.72. The average Bonchev–Trinajstić information content (AvgIpc) is 3.31. The molecule has 1 amide bonds. The van der Waals surface area contributed by atoms with Crippen molar-refractivity contribution in [2.45, 2.75) is 37.1 Å². The maximum Gasteiger partial charge on any atom is 0.253 e. The van der Waals surface area contributed by atoms with Crippen LogP contribution >= 0.6 is 22.7 Å². The van der Waals surface area contributed by atoms with Gasteiger partial charge in [0.05, 0.1) is 5.69 Å². The van der Waals surface area contributed by atoms with Crippen LogP contribution in [0.3, 0.4) is 0 Å². The van der Waals surface area contributed by atoms with Crippen molar-refractivity contribution >= 4 is 43.7 Å². The smallest absolute Gasteiger partial charge is 0.253 e. The summed E-state index contributed by atoms with van der Waals surface area (Å²) in [6.45, 7) is 3.99. The van der Waals surface area contributed by atoms with Crippen molar-refractivity contribution in [3.8, 4) is 0 Å². The predicted molar refractivity (Wildman–Crippen MR) is 111 cm³/mol. The van der Waals surface area contributed by atoms with Gasteiger partial charge in [-0.2, -0.15) is 4.31 Å². The Bertz CT molecular complexity index is 1100. The zero-order valence-electron chi connectivity index (χ0n) is 15.4. The number of anilines is 1. The van der Waals surface area contributed by atoms with E-state index in [1.165, 1.54) is 15.6 Å². The van der Waals surface area contributed by atoms with Gasteiger partial charge in [-0.3, -0.25) is 4.79 Å². The normalized spacial score (nSPS) is 17.3. The molecule has 0 saturated carbocycles. The molecule has 1 aromatic carbocycles. The lowest BCUT2D eigenvalue weighted by Gasteiger charge is -2.34. The Morgan fingerprint density at radius 3 is 2.57 bits per heavy atom. The minimum Gasteiger partial charge on any atom is -0.301 e. The van der Waals surface area contributed by atoms with Gasteiger partial charge in [-0.25, -0.2) is 13.4 Å². The van der Waals surface area contributed by atoms with Crippen LogP contribution in [0.2, 0.25) is 0 Å². The standard InChI is InChI=1S/C19H19N3O3S3/c1-12-13(2)27-19(20-12)21-18(23)16-10-14-6-3-4-7-15(14)11-22(16)28(24,25)17-8-5-9-26-17/h3-9,16H,10-11H2,1-2H3,(H,20,21,23). The molecule has 1 N–H and O–H groups in total. The largest absolute Gasteiger partial charge is 0.301 e. The number of thiazole rings is 1. The van der Waals surface area contributed by atoms with E-state index in [0.717, 1.165) is 33.0 Å². The third-order valence-electron chi connectivity index (χ3n) is 4.82. The van der Waals surface area contributed by atoms with E-state index in [1.54, 1.807) is 17.5 Å². The molecule has 0 spiro atoms. The molecule has 28 heavy (non-hydrogen) atoms. The van der Waals surface area contributed by atoms with Gasteiger partial charge >= 0.3 is 0 Å². The maximum atomic E-state index is 13.2. The SMILES string of the molecule is Cc1nc(NC(=O)C2Cc3ccccc3CN2S(=O)(=O)c2cccs2)sc1C. The Balaban J connectivity index is 1.70. The van der Waals surface area contributed by atoms with Crippen molar-refractivity contribution in [3.05, 3.63) is 63.5 Å². The second-order valence-corrected chi connectivity index (χ2v) is 10.9. The summed E-state index contributed by atoms with van der Waals surface area (Å²) in [5.41, 5.74) is 2.77. The quantitative estimate of drug-likeness (QED) is 0.682. The zero-order valence-corrected chi connectivity index (χ0v) is 17.8. The fourth-order valence-electron chi connectivity index (χ4n) is 3.22. The lowest BCUT2D eigenvalue weighted by Crippen LogP contribution is -2.50. The molecule has 3 heterocycles. The summed E-state index contributed by atoms with van der Waals surface area (Å²) in [5, 5.41) is 5.03. The molecule has 3 aromatic rings. The lowest BCUT2D eigenvalue weighted by atomic mass is 9.95. The van der Waals surface area contributed by atoms with Crippen LogP contribution in [0.25, 0.3) is 0 Å². The van der Waals surface area contributed by atoms with Crippen molar-refractivity contribution in [3.63, 3.8) is 0 Å². The van der Waals surface area contributed by atoms with Crippen molar-refractivity contribution in [2.75, 3.05) is 5.32 Å². The minimum absolute atomic E-state index is 0.171. The Hall–Kier alpha value is -2.07. The van der Waals surface area contributed by atoms with Crippen LogP contribution in [0.15, 0.2) is 46.0 Å². The number of benzene rings is 1. The molecular weight excluding hydrogens is 414 g/mol. The van der Waals surface area contributed by atoms with Gasteiger partial charge in [0.1, 0.15) is 10.3 Å². The number of nitrogens with zero attached hydrogens (tertiary/aromatic N) is 2. The highest BCUT2D eigenvalue weighted by molar-refractivity contribution is 7.91. The third-order valence-corrected chi connectivity index (χ3v) is 9.04. The zero-order chi connectivity index (χ0) is 19.9. The summed E-state index contributed by atoms with van der Waals surface area (Å²) in [6, 6.07) is 10.1. The van der Waals surface area contributed by atoms with Crippen LogP contribution in [0.4, 0.5) is 5.13 Å². The molecule has 0 bridgehead atoms. The van der Waals surface area contributed by atoms with Crippen LogP contribution < -0.4 is 5.32 Å². The first-order chi connectivity index (χ1) is 13.4. The second kappa shape index (κ2) is 7.40. The summed E-state index contributed by atoms with van der Waals surface area (Å²) in [7, 11) is -3.78. The van der Waals surface area contributed by atoms with Crippen LogP contribution in [-0.2, 0) is 27.8 Å². The summed E-state index contributed by atoms with van der Waals surface area (Å²) in [5.74, 6) is -0.358. The van der Waals surface area contributed by atoms with Crippen molar-refractivity contribution < 1.29 is 13.2 Å². The number of sulfonamides is 1. The molecule has 6 nitrogen and oxygen atoms in total. The topological polar surface area (TPSA) is 79.4 Å². The summed E-state index contributed by atoms with van der Waals surface area (Å²) in [6.07, 6.45) is 0.329. The number of carbonyl (C=O) groups excluding carboxylic acids is 1. The second-order valence-electron chi connectivity index (χ2n) is 6.62. The highest BCUT2D eigenvalue weighted by Crippen LogP contribution is 2.31. The van der Waals surface area contributed by atoms with Crippen LogP contribution in [0, 0.1) is 13.8 Å². The molecule has 0 aliphatic carbocycles. The Morgan fingerprint density at radius 2 is 1.93 bits per heavy atom. The van der Waals surface area contributed by atoms with E-state index in [2.05, 4.69) is 10.3 Å². The third kappa shape index (κ3) is 3.50. The number of hydrogen-bond donors (Lipinski definition) is 1. The van der Waals surface area contributed by atoms with Crippen LogP contribution in [0.5, 0.6) is 0 Å². The number of aromatic nitrogens is 1. The molecular formula is C19H19N3O3S3. The molecule has 4 rings (SSSR count). The van der Waals surface area contributed by atoms with E-state index in [-0.39, 0.29) is 16.7 Å². The van der Waals surface area contributed by atoms with Gasteiger partial charge in [-0.05, 0) is 42.8 Å². The molecule has 2 aromatic heterocycles. The first-order valence-corrected chi connectivity index (χ1v) is 11.9. The molecule has 1 aliphatic heterocycles. The van der Waals surface area contributed by atoms with Gasteiger partial charge in [0.25, 0.3) is 10.0 Å². The van der Waals surface area contributed by atoms with Gasteiger partial charge in [-0.15, -0.1) is 22.7 Å². The lowest BCUT2D eigenvalue weighted by molar-refractivity contribution is -0.120. The van der Waals surface area contributed by atoms with E-state index >= 15 is 0 Å². The van der Waals surface area contributed by atoms with Crippen molar-refractivity contribution in [1.82, 2.24) is 9.29 Å². The molecule has 1 unspecified atom stereocenters. The summed E-state index contributed by atoms with van der Waals surface area (Å²) >= 11 is 2.55. The Kier molecular flexibility index (Phi) is 5.09. The van der Waals surface area contributed by atoms with Crippen LogP contribution in [0.1, 0.15) is 21.7 Å². The average molecular weight is 434 g/mol. The number of fused-ring (bicyclic) bond motifs is 1. The van der Waals surface area contributed by atoms with Gasteiger partial charge in [0.2, 0.25) is 5.91 Å². The van der Waals surface area contributed by atoms with E-state index in [4.69, 9.17) is 0 Å². The Morgan fingerprint density at radius 1 is 1.18 bits per heavy atom. The Labute approximate surface area is 171 Å². The number of nitrogens with one attached hydrogen (secondary N) is 1. The molecule has 0 saturated heterocycles. The summed E-state index contributed by atoms with van der Waals surface area (Å²) in [4.78, 5) is 18.4. The number of carbonyl (C=O) groups is 1. The van der Waals surface area contributed by atoms with E-state index < -0.39 is 16.1 Å². The number of hydrogen-bond acceptors (Lipinski definition) is 6. The van der Waals surface area contributed by atoms with Gasteiger partial charge in [-0.1, -0.05) is 30.3 Å². The summed E-state index contributed by atoms with van der Waals surface area (Å²) < 4.78 is 28.0. The van der Waals surface area contributed by atoms with Gasteiger partial charge in [0, 0.05) is 11.4 Å². The molecule has 0 radical (unpaired) electrons. The molecule has 146 valence electrons. The van der Waals surface area contributed by atoms with E-state index in [1.807, 2.05) is 38.1 Å².